The van der Waals surface area contributed by atoms with Crippen LogP contribution in [0.15, 0.2) is 134 Å². The number of aliphatic hydroxyl groups is 1. The molecule has 0 bridgehead atoms. The van der Waals surface area contributed by atoms with Gasteiger partial charge in [0.1, 0.15) is 0 Å². The highest BCUT2D eigenvalue weighted by molar-refractivity contribution is 5.94. The lowest BCUT2D eigenvalue weighted by Gasteiger charge is -2.36. The van der Waals surface area contributed by atoms with Gasteiger partial charge in [-0.25, -0.2) is 4.98 Å². The molecule has 5 aromatic carbocycles. The Kier molecular flexibility index (Phi) is 8.69. The molecule has 1 fully saturated rings. The van der Waals surface area contributed by atoms with Crippen molar-refractivity contribution >= 4 is 16.9 Å². The van der Waals surface area contributed by atoms with E-state index >= 15 is 0 Å². The molecule has 1 aromatic heterocycles. The number of fused-ring (bicyclic) bond motifs is 1. The van der Waals surface area contributed by atoms with Crippen molar-refractivity contribution in [1.29, 1.82) is 0 Å². The van der Waals surface area contributed by atoms with E-state index in [0.29, 0.717) is 25.1 Å². The molecule has 0 spiro atoms. The number of amides is 1. The standard InChI is InChI=1S/C39H35N3O4/c43-25-27-16-18-29(19-17-27)37-22-34(24-42-26-41-35-14-4-5-15-36(35)42)45-39(46-37)33-13-7-12-32(21-33)31-11-6-8-28(20-31)23-40-38(44)30-9-2-1-3-10-30/h1-21,26,34,37,39,43H,22-25H2,(H,40,44). The molecule has 230 valence electrons. The highest BCUT2D eigenvalue weighted by atomic mass is 16.7. The lowest BCUT2D eigenvalue weighted by Crippen LogP contribution is -2.32. The number of imidazole rings is 1. The van der Waals surface area contributed by atoms with Crippen molar-refractivity contribution in [3.63, 3.8) is 0 Å². The first kappa shape index (κ1) is 29.6. The molecule has 0 aliphatic carbocycles. The van der Waals surface area contributed by atoms with Gasteiger partial charge in [0.15, 0.2) is 6.29 Å². The number of benzene rings is 5. The zero-order valence-corrected chi connectivity index (χ0v) is 25.3. The van der Waals surface area contributed by atoms with Gasteiger partial charge in [-0.05, 0) is 64.2 Å². The quantitative estimate of drug-likeness (QED) is 0.179. The summed E-state index contributed by atoms with van der Waals surface area (Å²) in [6.45, 7) is 1.07. The van der Waals surface area contributed by atoms with Gasteiger partial charge in [-0.15, -0.1) is 0 Å². The van der Waals surface area contributed by atoms with Crippen molar-refractivity contribution < 1.29 is 19.4 Å². The van der Waals surface area contributed by atoms with Crippen LogP contribution in [0.25, 0.3) is 22.2 Å². The summed E-state index contributed by atoms with van der Waals surface area (Å²) in [7, 11) is 0. The minimum atomic E-state index is -0.579. The summed E-state index contributed by atoms with van der Waals surface area (Å²) < 4.78 is 15.4. The molecule has 1 aliphatic rings. The molecule has 3 unspecified atom stereocenters. The Balaban J connectivity index is 1.13. The van der Waals surface area contributed by atoms with Gasteiger partial charge in [0.25, 0.3) is 5.91 Å². The lowest BCUT2D eigenvalue weighted by molar-refractivity contribution is -0.252. The average molecular weight is 610 g/mol. The minimum Gasteiger partial charge on any atom is -0.392 e. The molecule has 2 N–H and O–H groups in total. The Hall–Kier alpha value is -5.08. The van der Waals surface area contributed by atoms with Crippen LogP contribution in [-0.2, 0) is 29.2 Å². The largest absolute Gasteiger partial charge is 0.392 e. The Bertz CT molecular complexity index is 1940. The summed E-state index contributed by atoms with van der Waals surface area (Å²) >= 11 is 0. The monoisotopic (exact) mass is 609 g/mol. The number of carbonyl (C=O) groups excluding carboxylic acids is 1. The Morgan fingerprint density at radius 2 is 1.54 bits per heavy atom. The molecular weight excluding hydrogens is 574 g/mol. The molecule has 3 atom stereocenters. The fourth-order valence-electron chi connectivity index (χ4n) is 6.01. The SMILES string of the molecule is O=C(NCc1cccc(-c2cccc(C3OC(Cn4cnc5ccccc54)CC(c4ccc(CO)cc4)O3)c2)c1)c1ccccc1. The van der Waals surface area contributed by atoms with Crippen molar-refractivity contribution in [2.45, 2.75) is 44.6 Å². The van der Waals surface area contributed by atoms with Crippen molar-refractivity contribution in [2.75, 3.05) is 0 Å². The van der Waals surface area contributed by atoms with Crippen molar-refractivity contribution in [3.8, 4) is 11.1 Å². The third-order valence-electron chi connectivity index (χ3n) is 8.45. The number of aromatic nitrogens is 2. The summed E-state index contributed by atoms with van der Waals surface area (Å²) in [6.07, 6.45) is 1.66. The normalized spacial score (nSPS) is 18.0. The number of ether oxygens (including phenoxy) is 2. The number of nitrogens with one attached hydrogen (secondary N) is 1. The molecule has 46 heavy (non-hydrogen) atoms. The fourth-order valence-corrected chi connectivity index (χ4v) is 6.01. The maximum atomic E-state index is 12.6. The zero-order chi connectivity index (χ0) is 31.3. The number of aliphatic hydroxyl groups excluding tert-OH is 1. The third kappa shape index (κ3) is 6.62. The fraction of sp³-hybridized carbons (Fsp3) is 0.179. The maximum absolute atomic E-state index is 12.6. The third-order valence-corrected chi connectivity index (χ3v) is 8.45. The van der Waals surface area contributed by atoms with Crippen LogP contribution in [0.4, 0.5) is 0 Å². The van der Waals surface area contributed by atoms with Crippen molar-refractivity contribution in [2.24, 2.45) is 0 Å². The van der Waals surface area contributed by atoms with Gasteiger partial charge in [-0.1, -0.05) is 91.0 Å². The van der Waals surface area contributed by atoms with Gasteiger partial charge < -0.3 is 24.5 Å². The van der Waals surface area contributed by atoms with Crippen LogP contribution < -0.4 is 5.32 Å². The van der Waals surface area contributed by atoms with Crippen molar-refractivity contribution in [3.05, 3.63) is 162 Å². The molecule has 7 heteroatoms. The van der Waals surface area contributed by atoms with E-state index in [1.165, 1.54) is 0 Å². The number of hydrogen-bond donors (Lipinski definition) is 2. The zero-order valence-electron chi connectivity index (χ0n) is 25.3. The van der Waals surface area contributed by atoms with E-state index in [2.05, 4.69) is 45.2 Å². The number of rotatable bonds is 9. The molecule has 0 saturated carbocycles. The Morgan fingerprint density at radius 3 is 2.37 bits per heavy atom. The second-order valence-electron chi connectivity index (χ2n) is 11.6. The van der Waals surface area contributed by atoms with Crippen LogP contribution in [0.5, 0.6) is 0 Å². The smallest absolute Gasteiger partial charge is 0.251 e. The molecule has 1 amide bonds. The molecule has 6 aromatic rings. The summed E-state index contributed by atoms with van der Waals surface area (Å²) in [5.74, 6) is -0.0987. The molecule has 1 aliphatic heterocycles. The van der Waals surface area contributed by atoms with Gasteiger partial charge in [-0.2, -0.15) is 0 Å². The van der Waals surface area contributed by atoms with Crippen LogP contribution in [0.1, 0.15) is 51.4 Å². The highest BCUT2D eigenvalue weighted by Gasteiger charge is 2.33. The van der Waals surface area contributed by atoms with Crippen LogP contribution >= 0.6 is 0 Å². The molecule has 0 radical (unpaired) electrons. The van der Waals surface area contributed by atoms with Gasteiger partial charge in [0.05, 0.1) is 42.7 Å². The van der Waals surface area contributed by atoms with Gasteiger partial charge in [0.2, 0.25) is 0 Å². The van der Waals surface area contributed by atoms with Gasteiger partial charge in [0, 0.05) is 24.1 Å². The summed E-state index contributed by atoms with van der Waals surface area (Å²) in [5.41, 5.74) is 8.59. The number of carbonyl (C=O) groups is 1. The van der Waals surface area contributed by atoms with E-state index < -0.39 is 6.29 Å². The highest BCUT2D eigenvalue weighted by Crippen LogP contribution is 2.39. The van der Waals surface area contributed by atoms with Crippen molar-refractivity contribution in [1.82, 2.24) is 14.9 Å². The van der Waals surface area contributed by atoms with Crippen LogP contribution in [0.2, 0.25) is 0 Å². The summed E-state index contributed by atoms with van der Waals surface area (Å²) in [5, 5.41) is 12.6. The van der Waals surface area contributed by atoms with Gasteiger partial charge in [-0.3, -0.25) is 4.79 Å². The molecule has 2 heterocycles. The Morgan fingerprint density at radius 1 is 0.783 bits per heavy atom. The Labute approximate surface area is 268 Å². The first-order chi connectivity index (χ1) is 22.6. The van der Waals surface area contributed by atoms with E-state index in [1.807, 2.05) is 103 Å². The van der Waals surface area contributed by atoms with Crippen LogP contribution in [-0.4, -0.2) is 26.7 Å². The molecule has 7 nitrogen and oxygen atoms in total. The minimum absolute atomic E-state index is 0.00125. The number of para-hydroxylation sites is 2. The lowest BCUT2D eigenvalue weighted by atomic mass is 9.98. The maximum Gasteiger partial charge on any atom is 0.251 e. The van der Waals surface area contributed by atoms with E-state index in [-0.39, 0.29) is 24.7 Å². The molecular formula is C39H35N3O4. The first-order valence-corrected chi connectivity index (χ1v) is 15.6. The average Bonchev–Trinajstić information content (AvgIpc) is 3.53. The van der Waals surface area contributed by atoms with Gasteiger partial charge >= 0.3 is 0 Å². The number of nitrogens with zero attached hydrogens (tertiary/aromatic N) is 2. The predicted octanol–water partition coefficient (Wildman–Crippen LogP) is 7.37. The predicted molar refractivity (Wildman–Crippen MR) is 178 cm³/mol. The number of hydrogen-bond acceptors (Lipinski definition) is 5. The van der Waals surface area contributed by atoms with Crippen LogP contribution in [0.3, 0.4) is 0 Å². The van der Waals surface area contributed by atoms with E-state index in [0.717, 1.165) is 44.4 Å². The second-order valence-corrected chi connectivity index (χ2v) is 11.6. The molecule has 7 rings (SSSR count). The van der Waals surface area contributed by atoms with E-state index in [1.54, 1.807) is 0 Å². The van der Waals surface area contributed by atoms with E-state index in [9.17, 15) is 9.90 Å². The van der Waals surface area contributed by atoms with E-state index in [4.69, 9.17) is 9.47 Å². The summed E-state index contributed by atoms with van der Waals surface area (Å²) in [6, 6.07) is 41.8. The first-order valence-electron chi connectivity index (χ1n) is 15.6. The van der Waals surface area contributed by atoms with Crippen LogP contribution in [0, 0.1) is 0 Å². The second kappa shape index (κ2) is 13.5. The molecule has 1 saturated heterocycles. The topological polar surface area (TPSA) is 85.6 Å². The summed E-state index contributed by atoms with van der Waals surface area (Å²) in [4.78, 5) is 17.2.